The Morgan fingerprint density at radius 1 is 0.842 bits per heavy atom. The summed E-state index contributed by atoms with van der Waals surface area (Å²) in [6.45, 7) is 6.27. The van der Waals surface area contributed by atoms with Crippen molar-refractivity contribution in [3.05, 3.63) is 64.2 Å². The average molecular weight is 255 g/mol. The molecule has 19 heavy (non-hydrogen) atoms. The molecule has 0 spiro atoms. The van der Waals surface area contributed by atoms with Gasteiger partial charge in [0.05, 0.1) is 13.2 Å². The van der Waals surface area contributed by atoms with Crippen molar-refractivity contribution in [3.63, 3.8) is 0 Å². The molecule has 2 aromatic carbocycles. The van der Waals surface area contributed by atoms with E-state index in [0.717, 1.165) is 22.4 Å². The van der Waals surface area contributed by atoms with Gasteiger partial charge in [-0.3, -0.25) is 0 Å². The fourth-order valence-corrected chi connectivity index (χ4v) is 2.25. The smallest absolute Gasteiger partial charge is 0.121 e. The van der Waals surface area contributed by atoms with E-state index in [-0.39, 0.29) is 6.04 Å². The van der Waals surface area contributed by atoms with Crippen LogP contribution in [0.1, 0.15) is 33.9 Å². The van der Waals surface area contributed by atoms with Gasteiger partial charge in [0, 0.05) is 0 Å². The molecule has 2 aromatic rings. The second kappa shape index (κ2) is 5.45. The van der Waals surface area contributed by atoms with E-state index >= 15 is 0 Å². The number of aryl methyl sites for hydroxylation is 3. The number of hydrogen-bond donors (Lipinski definition) is 1. The molecule has 2 nitrogen and oxygen atoms in total. The normalized spacial score (nSPS) is 12.3. The van der Waals surface area contributed by atoms with E-state index < -0.39 is 0 Å². The number of benzene rings is 2. The van der Waals surface area contributed by atoms with Crippen LogP contribution >= 0.6 is 0 Å². The largest absolute Gasteiger partial charge is 0.496 e. The predicted molar refractivity (Wildman–Crippen MR) is 79.7 cm³/mol. The summed E-state index contributed by atoms with van der Waals surface area (Å²) in [6.07, 6.45) is 0. The third-order valence-corrected chi connectivity index (χ3v) is 3.67. The van der Waals surface area contributed by atoms with Crippen molar-refractivity contribution < 1.29 is 4.74 Å². The van der Waals surface area contributed by atoms with Crippen LogP contribution in [0.15, 0.2) is 36.4 Å². The van der Waals surface area contributed by atoms with E-state index in [9.17, 15) is 0 Å². The van der Waals surface area contributed by atoms with Crippen molar-refractivity contribution in [2.45, 2.75) is 26.8 Å². The molecule has 0 aliphatic rings. The molecule has 1 unspecified atom stereocenters. The van der Waals surface area contributed by atoms with Crippen LogP contribution in [-0.4, -0.2) is 7.11 Å². The van der Waals surface area contributed by atoms with E-state index in [0.29, 0.717) is 0 Å². The van der Waals surface area contributed by atoms with Gasteiger partial charge in [-0.15, -0.1) is 0 Å². The van der Waals surface area contributed by atoms with Gasteiger partial charge in [-0.2, -0.15) is 0 Å². The first-order chi connectivity index (χ1) is 9.02. The second-order valence-corrected chi connectivity index (χ2v) is 5.05. The lowest BCUT2D eigenvalue weighted by Gasteiger charge is -2.16. The van der Waals surface area contributed by atoms with Crippen molar-refractivity contribution >= 4 is 0 Å². The van der Waals surface area contributed by atoms with Crippen LogP contribution in [0.4, 0.5) is 0 Å². The lowest BCUT2D eigenvalue weighted by molar-refractivity contribution is 0.411. The third kappa shape index (κ3) is 2.79. The van der Waals surface area contributed by atoms with Gasteiger partial charge >= 0.3 is 0 Å². The second-order valence-electron chi connectivity index (χ2n) is 5.05. The summed E-state index contributed by atoms with van der Waals surface area (Å²) < 4.78 is 5.28. The lowest BCUT2D eigenvalue weighted by atomic mass is 9.95. The molecule has 0 fully saturated rings. The SMILES string of the molecule is COc1ccc(C(N)c2ccc(C)c(C)c2)cc1C. The minimum absolute atomic E-state index is 0.0936. The molecule has 100 valence electrons. The Morgan fingerprint density at radius 2 is 1.42 bits per heavy atom. The zero-order chi connectivity index (χ0) is 14.0. The van der Waals surface area contributed by atoms with Crippen LogP contribution in [0.25, 0.3) is 0 Å². The van der Waals surface area contributed by atoms with Crippen molar-refractivity contribution in [2.24, 2.45) is 5.73 Å². The minimum Gasteiger partial charge on any atom is -0.496 e. The molecule has 0 radical (unpaired) electrons. The average Bonchev–Trinajstić information content (AvgIpc) is 2.41. The van der Waals surface area contributed by atoms with Gasteiger partial charge in [0.1, 0.15) is 5.75 Å². The molecule has 1 atom stereocenters. The van der Waals surface area contributed by atoms with E-state index in [1.165, 1.54) is 11.1 Å². The van der Waals surface area contributed by atoms with Gasteiger partial charge in [0.25, 0.3) is 0 Å². The highest BCUT2D eigenvalue weighted by atomic mass is 16.5. The Kier molecular flexibility index (Phi) is 3.91. The zero-order valence-electron chi connectivity index (χ0n) is 12.0. The Bertz CT molecular complexity index is 590. The van der Waals surface area contributed by atoms with Gasteiger partial charge in [-0.05, 0) is 54.7 Å². The fraction of sp³-hybridized carbons (Fsp3) is 0.294. The van der Waals surface area contributed by atoms with Crippen LogP contribution in [0, 0.1) is 20.8 Å². The Balaban J connectivity index is 2.35. The van der Waals surface area contributed by atoms with E-state index in [1.807, 2.05) is 19.1 Å². The quantitative estimate of drug-likeness (QED) is 0.908. The fourth-order valence-electron chi connectivity index (χ4n) is 2.25. The van der Waals surface area contributed by atoms with Gasteiger partial charge < -0.3 is 10.5 Å². The monoisotopic (exact) mass is 255 g/mol. The molecule has 0 heterocycles. The molecule has 0 amide bonds. The Labute approximate surface area is 115 Å². The summed E-state index contributed by atoms with van der Waals surface area (Å²) in [5.41, 5.74) is 12.3. The molecule has 2 heteroatoms. The number of ether oxygens (including phenoxy) is 1. The molecule has 0 saturated heterocycles. The number of rotatable bonds is 3. The molecule has 0 bridgehead atoms. The van der Waals surface area contributed by atoms with Crippen LogP contribution in [-0.2, 0) is 0 Å². The molecule has 0 saturated carbocycles. The molecule has 2 N–H and O–H groups in total. The van der Waals surface area contributed by atoms with E-state index in [4.69, 9.17) is 10.5 Å². The predicted octanol–water partition coefficient (Wildman–Crippen LogP) is 3.67. The molecule has 0 aromatic heterocycles. The maximum Gasteiger partial charge on any atom is 0.121 e. The first kappa shape index (κ1) is 13.6. The number of nitrogens with two attached hydrogens (primary N) is 1. The van der Waals surface area contributed by atoms with Crippen LogP contribution in [0.2, 0.25) is 0 Å². The number of methoxy groups -OCH3 is 1. The summed E-state index contributed by atoms with van der Waals surface area (Å²) in [7, 11) is 1.69. The zero-order valence-corrected chi connectivity index (χ0v) is 12.0. The van der Waals surface area contributed by atoms with Gasteiger partial charge in [0.2, 0.25) is 0 Å². The summed E-state index contributed by atoms with van der Waals surface area (Å²) in [6, 6.07) is 12.4. The first-order valence-corrected chi connectivity index (χ1v) is 6.50. The standard InChI is InChI=1S/C17H21NO/c1-11-5-6-14(9-12(11)2)17(18)15-7-8-16(19-4)13(3)10-15/h5-10,17H,18H2,1-4H3. The first-order valence-electron chi connectivity index (χ1n) is 6.50. The summed E-state index contributed by atoms with van der Waals surface area (Å²) >= 11 is 0. The molecular formula is C17H21NO. The topological polar surface area (TPSA) is 35.2 Å². The maximum atomic E-state index is 6.35. The van der Waals surface area contributed by atoms with Crippen molar-refractivity contribution in [1.29, 1.82) is 0 Å². The Hall–Kier alpha value is -1.80. The molecule has 2 rings (SSSR count). The highest BCUT2D eigenvalue weighted by molar-refractivity contribution is 5.42. The highest BCUT2D eigenvalue weighted by Gasteiger charge is 2.11. The summed E-state index contributed by atoms with van der Waals surface area (Å²) in [5.74, 6) is 0.899. The minimum atomic E-state index is -0.0936. The molecule has 0 aliphatic carbocycles. The maximum absolute atomic E-state index is 6.35. The van der Waals surface area contributed by atoms with Crippen LogP contribution in [0.3, 0.4) is 0 Å². The third-order valence-electron chi connectivity index (χ3n) is 3.67. The van der Waals surface area contributed by atoms with E-state index in [2.05, 4.69) is 38.1 Å². The van der Waals surface area contributed by atoms with Crippen molar-refractivity contribution in [3.8, 4) is 5.75 Å². The van der Waals surface area contributed by atoms with E-state index in [1.54, 1.807) is 7.11 Å². The van der Waals surface area contributed by atoms with Gasteiger partial charge in [0.15, 0.2) is 0 Å². The van der Waals surface area contributed by atoms with Gasteiger partial charge in [-0.25, -0.2) is 0 Å². The van der Waals surface area contributed by atoms with Crippen LogP contribution < -0.4 is 10.5 Å². The molecular weight excluding hydrogens is 234 g/mol. The van der Waals surface area contributed by atoms with Crippen molar-refractivity contribution in [1.82, 2.24) is 0 Å². The van der Waals surface area contributed by atoms with Gasteiger partial charge in [-0.1, -0.05) is 30.3 Å². The molecule has 0 aliphatic heterocycles. The van der Waals surface area contributed by atoms with Crippen LogP contribution in [0.5, 0.6) is 5.75 Å². The number of hydrogen-bond acceptors (Lipinski definition) is 2. The Morgan fingerprint density at radius 3 is 1.95 bits per heavy atom. The summed E-state index contributed by atoms with van der Waals surface area (Å²) in [5, 5.41) is 0. The van der Waals surface area contributed by atoms with Crippen molar-refractivity contribution in [2.75, 3.05) is 7.11 Å². The lowest BCUT2D eigenvalue weighted by Crippen LogP contribution is -2.12. The highest BCUT2D eigenvalue weighted by Crippen LogP contribution is 2.26. The summed E-state index contributed by atoms with van der Waals surface area (Å²) in [4.78, 5) is 0.